The molecule has 0 atom stereocenters. The minimum atomic E-state index is -0.786. The summed E-state index contributed by atoms with van der Waals surface area (Å²) in [5.41, 5.74) is 0.457. The molecule has 1 aliphatic heterocycles. The van der Waals surface area contributed by atoms with Crippen LogP contribution in [0, 0.1) is 0 Å². The molecule has 6 heteroatoms. The number of benzene rings is 1. The number of carbonyl (C=O) groups excluding carboxylic acids is 3. The molecule has 0 radical (unpaired) electrons. The molecular formula is C12H11NO5. The first-order valence-corrected chi connectivity index (χ1v) is 5.41. The Bertz CT molecular complexity index is 476. The zero-order valence-electron chi connectivity index (χ0n) is 9.71. The summed E-state index contributed by atoms with van der Waals surface area (Å²) in [6.07, 6.45) is 0. The molecule has 0 bridgehead atoms. The van der Waals surface area contributed by atoms with Crippen molar-refractivity contribution >= 4 is 17.8 Å². The van der Waals surface area contributed by atoms with Gasteiger partial charge in [-0.3, -0.25) is 9.59 Å². The zero-order valence-corrected chi connectivity index (χ0v) is 9.71. The standard InChI is InChI=1S/C12H11NO5/c1-2-17-7-10(14)18-13-11(15)8-5-3-4-6-9(8)12(13)16/h3-6H,2,7H2,1H3. The monoisotopic (exact) mass is 249 g/mol. The van der Waals surface area contributed by atoms with Gasteiger partial charge in [0.1, 0.15) is 6.61 Å². The van der Waals surface area contributed by atoms with E-state index in [-0.39, 0.29) is 17.7 Å². The van der Waals surface area contributed by atoms with Gasteiger partial charge in [-0.15, -0.1) is 0 Å². The van der Waals surface area contributed by atoms with E-state index in [9.17, 15) is 14.4 Å². The quantitative estimate of drug-likeness (QED) is 0.737. The van der Waals surface area contributed by atoms with Crippen molar-refractivity contribution < 1.29 is 24.0 Å². The molecular weight excluding hydrogens is 238 g/mol. The third-order valence-electron chi connectivity index (χ3n) is 2.37. The van der Waals surface area contributed by atoms with Crippen LogP contribution >= 0.6 is 0 Å². The summed E-state index contributed by atoms with van der Waals surface area (Å²) >= 11 is 0. The number of imide groups is 1. The zero-order chi connectivity index (χ0) is 13.1. The van der Waals surface area contributed by atoms with E-state index in [4.69, 9.17) is 9.57 Å². The Morgan fingerprint density at radius 1 is 1.17 bits per heavy atom. The van der Waals surface area contributed by atoms with Gasteiger partial charge >= 0.3 is 5.97 Å². The van der Waals surface area contributed by atoms with Crippen LogP contribution in [0.4, 0.5) is 0 Å². The first kappa shape index (κ1) is 12.3. The molecule has 6 nitrogen and oxygen atoms in total. The van der Waals surface area contributed by atoms with Crippen molar-refractivity contribution in [2.75, 3.05) is 13.2 Å². The maximum atomic E-state index is 11.8. The van der Waals surface area contributed by atoms with Crippen molar-refractivity contribution in [2.24, 2.45) is 0 Å². The highest BCUT2D eigenvalue weighted by Gasteiger charge is 2.38. The van der Waals surface area contributed by atoms with Crippen LogP contribution in [-0.2, 0) is 14.4 Å². The molecule has 0 fully saturated rings. The number of hydrogen-bond acceptors (Lipinski definition) is 5. The van der Waals surface area contributed by atoms with E-state index >= 15 is 0 Å². The molecule has 0 aromatic heterocycles. The number of hydrogen-bond donors (Lipinski definition) is 0. The molecule has 1 aromatic carbocycles. The highest BCUT2D eigenvalue weighted by Crippen LogP contribution is 2.22. The molecule has 1 heterocycles. The fourth-order valence-corrected chi connectivity index (χ4v) is 1.56. The SMILES string of the molecule is CCOCC(=O)ON1C(=O)c2ccccc2C1=O. The Labute approximate surface area is 103 Å². The van der Waals surface area contributed by atoms with Crippen LogP contribution in [0.15, 0.2) is 24.3 Å². The Morgan fingerprint density at radius 3 is 2.22 bits per heavy atom. The van der Waals surface area contributed by atoms with Crippen molar-refractivity contribution in [3.63, 3.8) is 0 Å². The largest absolute Gasteiger partial charge is 0.370 e. The van der Waals surface area contributed by atoms with Crippen LogP contribution in [0.1, 0.15) is 27.6 Å². The van der Waals surface area contributed by atoms with Gasteiger partial charge in [-0.05, 0) is 19.1 Å². The predicted octanol–water partition coefficient (Wildman–Crippen LogP) is 0.777. The van der Waals surface area contributed by atoms with Crippen LogP contribution in [0.3, 0.4) is 0 Å². The maximum Gasteiger partial charge on any atom is 0.358 e. The average Bonchev–Trinajstić information content (AvgIpc) is 2.62. The van der Waals surface area contributed by atoms with Gasteiger partial charge in [-0.1, -0.05) is 17.2 Å². The smallest absolute Gasteiger partial charge is 0.358 e. The van der Waals surface area contributed by atoms with Gasteiger partial charge < -0.3 is 9.57 Å². The molecule has 0 unspecified atom stereocenters. The molecule has 0 saturated heterocycles. The lowest BCUT2D eigenvalue weighted by atomic mass is 10.1. The van der Waals surface area contributed by atoms with Crippen molar-refractivity contribution in [1.29, 1.82) is 0 Å². The lowest BCUT2D eigenvalue weighted by Crippen LogP contribution is -2.34. The van der Waals surface area contributed by atoms with Gasteiger partial charge in [0.2, 0.25) is 0 Å². The van der Waals surface area contributed by atoms with Crippen molar-refractivity contribution in [3.8, 4) is 0 Å². The van der Waals surface area contributed by atoms with E-state index in [0.29, 0.717) is 11.7 Å². The van der Waals surface area contributed by atoms with E-state index in [1.807, 2.05) is 0 Å². The summed E-state index contributed by atoms with van der Waals surface area (Å²) in [4.78, 5) is 39.6. The highest BCUT2D eigenvalue weighted by molar-refractivity contribution is 6.20. The molecule has 0 spiro atoms. The molecule has 1 aromatic rings. The minimum absolute atomic E-state index is 0.228. The minimum Gasteiger partial charge on any atom is -0.370 e. The van der Waals surface area contributed by atoms with Crippen molar-refractivity contribution in [2.45, 2.75) is 6.92 Å². The Morgan fingerprint density at radius 2 is 1.72 bits per heavy atom. The highest BCUT2D eigenvalue weighted by atomic mass is 16.7. The Balaban J connectivity index is 2.11. The lowest BCUT2D eigenvalue weighted by molar-refractivity contribution is -0.173. The topological polar surface area (TPSA) is 72.9 Å². The number of amides is 2. The molecule has 0 aliphatic carbocycles. The van der Waals surface area contributed by atoms with Crippen LogP contribution in [-0.4, -0.2) is 36.1 Å². The van der Waals surface area contributed by atoms with Gasteiger partial charge in [-0.2, -0.15) is 0 Å². The van der Waals surface area contributed by atoms with Crippen LogP contribution < -0.4 is 0 Å². The average molecular weight is 249 g/mol. The van der Waals surface area contributed by atoms with Gasteiger partial charge in [0.25, 0.3) is 11.8 Å². The number of hydroxylamine groups is 2. The molecule has 2 rings (SSSR count). The predicted molar refractivity (Wildman–Crippen MR) is 59.5 cm³/mol. The number of rotatable bonds is 4. The van der Waals surface area contributed by atoms with Crippen LogP contribution in [0.5, 0.6) is 0 Å². The van der Waals surface area contributed by atoms with E-state index in [0.717, 1.165) is 0 Å². The molecule has 0 N–H and O–H groups in total. The lowest BCUT2D eigenvalue weighted by Gasteiger charge is -2.12. The molecule has 94 valence electrons. The number of nitrogens with zero attached hydrogens (tertiary/aromatic N) is 1. The summed E-state index contributed by atoms with van der Waals surface area (Å²) < 4.78 is 4.83. The number of carbonyl (C=O) groups is 3. The first-order valence-electron chi connectivity index (χ1n) is 5.41. The Kier molecular flexibility index (Phi) is 3.38. The summed E-state index contributed by atoms with van der Waals surface area (Å²) in [5.74, 6) is -2.06. The molecule has 18 heavy (non-hydrogen) atoms. The van der Waals surface area contributed by atoms with Crippen LogP contribution in [0.25, 0.3) is 0 Å². The van der Waals surface area contributed by atoms with Gasteiger partial charge in [0, 0.05) is 6.61 Å². The second kappa shape index (κ2) is 4.97. The fourth-order valence-electron chi connectivity index (χ4n) is 1.56. The van der Waals surface area contributed by atoms with E-state index < -0.39 is 17.8 Å². The summed E-state index contributed by atoms with van der Waals surface area (Å²) in [7, 11) is 0. The van der Waals surface area contributed by atoms with Crippen molar-refractivity contribution in [3.05, 3.63) is 35.4 Å². The third kappa shape index (κ3) is 2.10. The number of fused-ring (bicyclic) bond motifs is 1. The summed E-state index contributed by atoms with van der Waals surface area (Å²) in [6.45, 7) is 1.76. The second-order valence-electron chi connectivity index (χ2n) is 3.55. The van der Waals surface area contributed by atoms with Gasteiger partial charge in [0.15, 0.2) is 0 Å². The molecule has 1 aliphatic rings. The molecule has 2 amide bonds. The maximum absolute atomic E-state index is 11.8. The fraction of sp³-hybridized carbons (Fsp3) is 0.250. The van der Waals surface area contributed by atoms with E-state index in [2.05, 4.69) is 0 Å². The van der Waals surface area contributed by atoms with E-state index in [1.54, 1.807) is 19.1 Å². The van der Waals surface area contributed by atoms with Gasteiger partial charge in [0.05, 0.1) is 11.1 Å². The third-order valence-corrected chi connectivity index (χ3v) is 2.37. The summed E-state index contributed by atoms with van der Waals surface area (Å²) in [6, 6.07) is 6.28. The van der Waals surface area contributed by atoms with Crippen LogP contribution in [0.2, 0.25) is 0 Å². The number of ether oxygens (including phenoxy) is 1. The Hall–Kier alpha value is -2.21. The second-order valence-corrected chi connectivity index (χ2v) is 3.55. The van der Waals surface area contributed by atoms with Crippen molar-refractivity contribution in [1.82, 2.24) is 5.06 Å². The van der Waals surface area contributed by atoms with Gasteiger partial charge in [-0.25, -0.2) is 4.79 Å². The molecule has 0 saturated carbocycles. The normalized spacial score (nSPS) is 13.7. The first-order chi connectivity index (χ1) is 8.65. The van der Waals surface area contributed by atoms with E-state index in [1.165, 1.54) is 12.1 Å². The summed E-state index contributed by atoms with van der Waals surface area (Å²) in [5, 5.41) is 0.464.